The van der Waals surface area contributed by atoms with E-state index in [1.807, 2.05) is 18.2 Å². The summed E-state index contributed by atoms with van der Waals surface area (Å²) in [5.41, 5.74) is 2.35. The topological polar surface area (TPSA) is 15.3 Å². The van der Waals surface area contributed by atoms with Gasteiger partial charge in [0.1, 0.15) is 0 Å². The SMILES string of the molecule is CCCCC1(CC)CN(c2ccccc2)c2cc(Cl)c(Cl)cc2SN1. The van der Waals surface area contributed by atoms with Crippen LogP contribution in [0.4, 0.5) is 11.4 Å². The van der Waals surface area contributed by atoms with Crippen LogP contribution in [0.5, 0.6) is 0 Å². The molecule has 0 saturated heterocycles. The molecule has 1 N–H and O–H groups in total. The quantitative estimate of drug-likeness (QED) is 0.545. The van der Waals surface area contributed by atoms with Crippen LogP contribution >= 0.6 is 35.1 Å². The predicted octanol–water partition coefficient (Wildman–Crippen LogP) is 7.08. The molecule has 1 heterocycles. The normalized spacial score (nSPS) is 20.2. The number of hydrogen-bond donors (Lipinski definition) is 1. The highest BCUT2D eigenvalue weighted by atomic mass is 35.5. The Morgan fingerprint density at radius 1 is 1.12 bits per heavy atom. The Balaban J connectivity index is 2.08. The minimum absolute atomic E-state index is 0.0501. The average molecular weight is 395 g/mol. The number of halogens is 2. The molecule has 0 aliphatic carbocycles. The van der Waals surface area contributed by atoms with Crippen LogP contribution in [0.15, 0.2) is 47.4 Å². The molecule has 3 rings (SSSR count). The van der Waals surface area contributed by atoms with Gasteiger partial charge in [0.2, 0.25) is 0 Å². The monoisotopic (exact) mass is 394 g/mol. The Hall–Kier alpha value is -0.870. The summed E-state index contributed by atoms with van der Waals surface area (Å²) in [6.07, 6.45) is 4.62. The Bertz CT molecular complexity index is 723. The molecule has 2 aromatic carbocycles. The number of nitrogens with one attached hydrogen (secondary N) is 1. The number of rotatable bonds is 5. The van der Waals surface area contributed by atoms with E-state index in [1.54, 1.807) is 11.9 Å². The Labute approximate surface area is 165 Å². The van der Waals surface area contributed by atoms with E-state index >= 15 is 0 Å². The summed E-state index contributed by atoms with van der Waals surface area (Å²) < 4.78 is 3.76. The molecule has 1 aliphatic rings. The largest absolute Gasteiger partial charge is 0.339 e. The average Bonchev–Trinajstić information content (AvgIpc) is 2.79. The summed E-state index contributed by atoms with van der Waals surface area (Å²) in [5.74, 6) is 0. The van der Waals surface area contributed by atoms with Crippen molar-refractivity contribution in [2.45, 2.75) is 50.0 Å². The van der Waals surface area contributed by atoms with Crippen molar-refractivity contribution in [3.05, 3.63) is 52.5 Å². The van der Waals surface area contributed by atoms with Gasteiger partial charge in [-0.2, -0.15) is 0 Å². The van der Waals surface area contributed by atoms with E-state index < -0.39 is 0 Å². The molecular formula is C20H24Cl2N2S. The van der Waals surface area contributed by atoms with E-state index in [1.165, 1.54) is 18.5 Å². The molecule has 0 radical (unpaired) electrons. The zero-order chi connectivity index (χ0) is 17.9. The lowest BCUT2D eigenvalue weighted by Crippen LogP contribution is -2.48. The fourth-order valence-electron chi connectivity index (χ4n) is 3.24. The third-order valence-electron chi connectivity index (χ3n) is 4.88. The van der Waals surface area contributed by atoms with Crippen molar-refractivity contribution in [3.8, 4) is 0 Å². The molecule has 1 atom stereocenters. The summed E-state index contributed by atoms with van der Waals surface area (Å²) in [4.78, 5) is 3.49. The van der Waals surface area contributed by atoms with Crippen LogP contribution < -0.4 is 9.62 Å². The standard InChI is InChI=1S/C20H24Cl2N2S/c1-3-5-11-20(4-2)14-24(15-9-7-6-8-10-15)18-12-16(21)17(22)13-19(18)25-23-20/h6-10,12-13,23H,3-5,11,14H2,1-2H3. The van der Waals surface area contributed by atoms with Crippen molar-refractivity contribution in [1.82, 2.24) is 4.72 Å². The van der Waals surface area contributed by atoms with Crippen molar-refractivity contribution in [1.29, 1.82) is 0 Å². The zero-order valence-corrected chi connectivity index (χ0v) is 17.0. The minimum atomic E-state index is 0.0501. The van der Waals surface area contributed by atoms with Crippen LogP contribution in [0.2, 0.25) is 10.0 Å². The number of anilines is 2. The number of benzene rings is 2. The number of fused-ring (bicyclic) bond motifs is 1. The van der Waals surface area contributed by atoms with E-state index in [2.05, 4.69) is 47.7 Å². The number of unbranched alkanes of at least 4 members (excludes halogenated alkanes) is 1. The second kappa shape index (κ2) is 8.22. The molecule has 0 bridgehead atoms. The van der Waals surface area contributed by atoms with E-state index in [-0.39, 0.29) is 5.54 Å². The lowest BCUT2D eigenvalue weighted by atomic mass is 9.90. The van der Waals surface area contributed by atoms with Gasteiger partial charge in [0, 0.05) is 22.7 Å². The van der Waals surface area contributed by atoms with Crippen molar-refractivity contribution < 1.29 is 0 Å². The fourth-order valence-corrected chi connectivity index (χ4v) is 4.71. The smallest absolute Gasteiger partial charge is 0.0613 e. The van der Waals surface area contributed by atoms with E-state index in [9.17, 15) is 0 Å². The molecule has 1 aliphatic heterocycles. The maximum Gasteiger partial charge on any atom is 0.0613 e. The van der Waals surface area contributed by atoms with Crippen LogP contribution in [0.3, 0.4) is 0 Å². The van der Waals surface area contributed by atoms with Crippen LogP contribution in [0.1, 0.15) is 39.5 Å². The molecule has 134 valence electrons. The van der Waals surface area contributed by atoms with Gasteiger partial charge in [-0.25, -0.2) is 0 Å². The highest BCUT2D eigenvalue weighted by Gasteiger charge is 2.35. The van der Waals surface area contributed by atoms with Gasteiger partial charge in [0.05, 0.1) is 15.7 Å². The minimum Gasteiger partial charge on any atom is -0.339 e. The summed E-state index contributed by atoms with van der Waals surface area (Å²) in [7, 11) is 0. The lowest BCUT2D eigenvalue weighted by molar-refractivity contribution is 0.351. The van der Waals surface area contributed by atoms with Crippen molar-refractivity contribution in [3.63, 3.8) is 0 Å². The van der Waals surface area contributed by atoms with Gasteiger partial charge in [0.25, 0.3) is 0 Å². The number of nitrogens with zero attached hydrogens (tertiary/aromatic N) is 1. The van der Waals surface area contributed by atoms with Gasteiger partial charge in [-0.15, -0.1) is 0 Å². The van der Waals surface area contributed by atoms with Gasteiger partial charge < -0.3 is 4.90 Å². The molecule has 0 aromatic heterocycles. The first-order chi connectivity index (χ1) is 12.1. The lowest BCUT2D eigenvalue weighted by Gasteiger charge is -2.37. The molecule has 0 spiro atoms. The first-order valence-corrected chi connectivity index (χ1v) is 10.4. The van der Waals surface area contributed by atoms with Gasteiger partial charge in [0.15, 0.2) is 0 Å². The second-order valence-electron chi connectivity index (χ2n) is 6.60. The van der Waals surface area contributed by atoms with Crippen LogP contribution in [-0.4, -0.2) is 12.1 Å². The van der Waals surface area contributed by atoms with E-state index in [4.69, 9.17) is 23.2 Å². The van der Waals surface area contributed by atoms with E-state index in [0.29, 0.717) is 10.0 Å². The van der Waals surface area contributed by atoms with E-state index in [0.717, 1.165) is 30.0 Å². The van der Waals surface area contributed by atoms with Gasteiger partial charge >= 0.3 is 0 Å². The third-order valence-corrected chi connectivity index (χ3v) is 6.69. The Morgan fingerprint density at radius 3 is 2.52 bits per heavy atom. The Morgan fingerprint density at radius 2 is 1.84 bits per heavy atom. The molecule has 5 heteroatoms. The number of hydrogen-bond acceptors (Lipinski definition) is 3. The first-order valence-electron chi connectivity index (χ1n) is 8.84. The van der Waals surface area contributed by atoms with Crippen LogP contribution in [0, 0.1) is 0 Å². The van der Waals surface area contributed by atoms with Gasteiger partial charge in [-0.1, -0.05) is 68.1 Å². The predicted molar refractivity (Wildman–Crippen MR) is 111 cm³/mol. The maximum atomic E-state index is 6.35. The molecule has 0 saturated carbocycles. The molecule has 2 aromatic rings. The van der Waals surface area contributed by atoms with Crippen molar-refractivity contribution in [2.24, 2.45) is 0 Å². The Kier molecular flexibility index (Phi) is 6.21. The van der Waals surface area contributed by atoms with Crippen LogP contribution in [0.25, 0.3) is 0 Å². The van der Waals surface area contributed by atoms with Crippen LogP contribution in [-0.2, 0) is 0 Å². The molecular weight excluding hydrogens is 371 g/mol. The highest BCUT2D eigenvalue weighted by molar-refractivity contribution is 7.97. The summed E-state index contributed by atoms with van der Waals surface area (Å²) >= 11 is 14.3. The van der Waals surface area contributed by atoms with Gasteiger partial charge in [-0.3, -0.25) is 4.72 Å². The van der Waals surface area contributed by atoms with Crippen molar-refractivity contribution in [2.75, 3.05) is 11.4 Å². The zero-order valence-electron chi connectivity index (χ0n) is 14.7. The third kappa shape index (κ3) is 4.11. The van der Waals surface area contributed by atoms with Gasteiger partial charge in [-0.05, 0) is 49.1 Å². The summed E-state index contributed by atoms with van der Waals surface area (Å²) in [6, 6.07) is 14.5. The second-order valence-corrected chi connectivity index (χ2v) is 8.26. The number of para-hydroxylation sites is 1. The first kappa shape index (κ1) is 18.9. The summed E-state index contributed by atoms with van der Waals surface area (Å²) in [5, 5.41) is 1.19. The highest BCUT2D eigenvalue weighted by Crippen LogP contribution is 2.44. The fraction of sp³-hybridized carbons (Fsp3) is 0.400. The molecule has 1 unspecified atom stereocenters. The molecule has 25 heavy (non-hydrogen) atoms. The van der Waals surface area contributed by atoms with Crippen molar-refractivity contribution >= 4 is 46.5 Å². The molecule has 0 amide bonds. The molecule has 2 nitrogen and oxygen atoms in total. The maximum absolute atomic E-state index is 6.35. The molecule has 0 fully saturated rings. The summed E-state index contributed by atoms with van der Waals surface area (Å²) in [6.45, 7) is 5.42.